The quantitative estimate of drug-likeness (QED) is 0.768. The summed E-state index contributed by atoms with van der Waals surface area (Å²) in [5.74, 6) is 0.379. The van der Waals surface area contributed by atoms with Crippen LogP contribution in [-0.4, -0.2) is 22.9 Å². The van der Waals surface area contributed by atoms with Crippen molar-refractivity contribution >= 4 is 0 Å². The van der Waals surface area contributed by atoms with Gasteiger partial charge in [-0.2, -0.15) is 0 Å². The first kappa shape index (κ1) is 14.3. The molecule has 0 aromatic carbocycles. The van der Waals surface area contributed by atoms with Gasteiger partial charge in [-0.25, -0.2) is 0 Å². The topological polar surface area (TPSA) is 29.5 Å². The monoisotopic (exact) mass is 254 g/mol. The van der Waals surface area contributed by atoms with E-state index in [-0.39, 0.29) is 11.0 Å². The average molecular weight is 254 g/mol. The smallest absolute Gasteiger partial charge is 0.0697 e. The molecule has 1 saturated carbocycles. The number of hydrogen-bond donors (Lipinski definition) is 1. The SMILES string of the molecule is CC(C)(C)C(C)(O)C1CCOC2(CCCCC2)C1. The van der Waals surface area contributed by atoms with Gasteiger partial charge in [0.05, 0.1) is 11.2 Å². The minimum Gasteiger partial charge on any atom is -0.389 e. The molecule has 1 heterocycles. The molecule has 1 aliphatic heterocycles. The van der Waals surface area contributed by atoms with E-state index in [0.717, 1.165) is 19.4 Å². The molecule has 1 spiro atoms. The number of ether oxygens (including phenoxy) is 1. The Balaban J connectivity index is 2.11. The Morgan fingerprint density at radius 1 is 1.06 bits per heavy atom. The van der Waals surface area contributed by atoms with Crippen LogP contribution in [0.15, 0.2) is 0 Å². The van der Waals surface area contributed by atoms with Crippen LogP contribution in [0.1, 0.15) is 72.6 Å². The summed E-state index contributed by atoms with van der Waals surface area (Å²) in [5.41, 5.74) is -0.567. The Labute approximate surface area is 112 Å². The molecule has 106 valence electrons. The molecule has 18 heavy (non-hydrogen) atoms. The van der Waals surface area contributed by atoms with Crippen LogP contribution in [0.5, 0.6) is 0 Å². The summed E-state index contributed by atoms with van der Waals surface area (Å²) >= 11 is 0. The Kier molecular flexibility index (Phi) is 3.81. The molecule has 2 rings (SSSR count). The molecule has 0 amide bonds. The normalized spacial score (nSPS) is 32.2. The maximum Gasteiger partial charge on any atom is 0.0697 e. The highest BCUT2D eigenvalue weighted by atomic mass is 16.5. The molecule has 0 aromatic heterocycles. The van der Waals surface area contributed by atoms with Crippen LogP contribution in [0.3, 0.4) is 0 Å². The predicted octanol–water partition coefficient (Wildman–Crippen LogP) is 3.91. The molecule has 2 aliphatic rings. The highest BCUT2D eigenvalue weighted by Crippen LogP contribution is 2.47. The van der Waals surface area contributed by atoms with Crippen molar-refractivity contribution in [3.05, 3.63) is 0 Å². The second-order valence-corrected chi connectivity index (χ2v) is 7.68. The molecular weight excluding hydrogens is 224 g/mol. The highest BCUT2D eigenvalue weighted by Gasteiger charge is 2.48. The summed E-state index contributed by atoms with van der Waals surface area (Å²) in [6.07, 6.45) is 8.40. The fourth-order valence-corrected chi connectivity index (χ4v) is 3.66. The number of rotatable bonds is 1. The van der Waals surface area contributed by atoms with Gasteiger partial charge in [0.25, 0.3) is 0 Å². The molecule has 0 radical (unpaired) electrons. The molecule has 1 N–H and O–H groups in total. The van der Waals surface area contributed by atoms with E-state index in [1.54, 1.807) is 0 Å². The first-order valence-corrected chi connectivity index (χ1v) is 7.63. The summed E-state index contributed by atoms with van der Waals surface area (Å²) in [5, 5.41) is 10.9. The molecule has 0 bridgehead atoms. The minimum absolute atomic E-state index is 0.0646. The molecule has 2 unspecified atom stereocenters. The second-order valence-electron chi connectivity index (χ2n) is 7.68. The Hall–Kier alpha value is -0.0800. The van der Waals surface area contributed by atoms with Crippen molar-refractivity contribution in [2.45, 2.75) is 83.8 Å². The van der Waals surface area contributed by atoms with E-state index >= 15 is 0 Å². The highest BCUT2D eigenvalue weighted by molar-refractivity contribution is 4.99. The third-order valence-electron chi connectivity index (χ3n) is 5.57. The van der Waals surface area contributed by atoms with Crippen LogP contribution in [-0.2, 0) is 4.74 Å². The largest absolute Gasteiger partial charge is 0.389 e. The molecule has 2 fully saturated rings. The lowest BCUT2D eigenvalue weighted by atomic mass is 9.63. The van der Waals surface area contributed by atoms with E-state index in [0.29, 0.717) is 5.92 Å². The van der Waals surface area contributed by atoms with Crippen LogP contribution in [0, 0.1) is 11.3 Å². The van der Waals surface area contributed by atoms with Gasteiger partial charge >= 0.3 is 0 Å². The lowest BCUT2D eigenvalue weighted by molar-refractivity contribution is -0.176. The lowest BCUT2D eigenvalue weighted by Gasteiger charge is -2.51. The van der Waals surface area contributed by atoms with Crippen molar-refractivity contribution in [1.29, 1.82) is 0 Å². The number of hydrogen-bond acceptors (Lipinski definition) is 2. The molecule has 1 aliphatic carbocycles. The van der Waals surface area contributed by atoms with Crippen molar-refractivity contribution in [3.63, 3.8) is 0 Å². The Bertz CT molecular complexity index is 276. The van der Waals surface area contributed by atoms with Gasteiger partial charge in [-0.05, 0) is 43.9 Å². The maximum absolute atomic E-state index is 10.9. The first-order chi connectivity index (χ1) is 8.27. The fourth-order valence-electron chi connectivity index (χ4n) is 3.66. The lowest BCUT2D eigenvalue weighted by Crippen LogP contribution is -2.53. The van der Waals surface area contributed by atoms with Gasteiger partial charge in [-0.15, -0.1) is 0 Å². The third kappa shape index (κ3) is 2.60. The summed E-state index contributed by atoms with van der Waals surface area (Å²) in [6, 6.07) is 0. The van der Waals surface area contributed by atoms with E-state index in [1.165, 1.54) is 32.1 Å². The molecule has 0 aromatic rings. The number of aliphatic hydroxyl groups is 1. The zero-order valence-corrected chi connectivity index (χ0v) is 12.6. The van der Waals surface area contributed by atoms with Crippen LogP contribution in [0.25, 0.3) is 0 Å². The molecule has 1 saturated heterocycles. The second kappa shape index (κ2) is 4.79. The fraction of sp³-hybridized carbons (Fsp3) is 1.00. The van der Waals surface area contributed by atoms with E-state index in [1.807, 2.05) is 6.92 Å². The van der Waals surface area contributed by atoms with Crippen molar-refractivity contribution in [2.75, 3.05) is 6.61 Å². The van der Waals surface area contributed by atoms with Gasteiger partial charge in [-0.1, -0.05) is 40.0 Å². The molecular formula is C16H30O2. The summed E-state index contributed by atoms with van der Waals surface area (Å²) < 4.78 is 6.13. The van der Waals surface area contributed by atoms with Gasteiger partial charge in [-0.3, -0.25) is 0 Å². The van der Waals surface area contributed by atoms with Crippen LogP contribution < -0.4 is 0 Å². The van der Waals surface area contributed by atoms with Gasteiger partial charge < -0.3 is 9.84 Å². The van der Waals surface area contributed by atoms with Crippen LogP contribution in [0.4, 0.5) is 0 Å². The third-order valence-corrected chi connectivity index (χ3v) is 5.57. The molecule has 2 nitrogen and oxygen atoms in total. The zero-order valence-electron chi connectivity index (χ0n) is 12.6. The standard InChI is InChI=1S/C16H30O2/c1-14(2,3)15(4,17)13-8-11-18-16(12-13)9-6-5-7-10-16/h13,17H,5-12H2,1-4H3. The Morgan fingerprint density at radius 3 is 2.22 bits per heavy atom. The van der Waals surface area contributed by atoms with E-state index in [9.17, 15) is 5.11 Å². The van der Waals surface area contributed by atoms with Gasteiger partial charge in [0.15, 0.2) is 0 Å². The van der Waals surface area contributed by atoms with Crippen molar-refractivity contribution in [3.8, 4) is 0 Å². The first-order valence-electron chi connectivity index (χ1n) is 7.63. The van der Waals surface area contributed by atoms with E-state index in [2.05, 4.69) is 20.8 Å². The van der Waals surface area contributed by atoms with Crippen LogP contribution >= 0.6 is 0 Å². The zero-order chi connectivity index (χ0) is 13.4. The van der Waals surface area contributed by atoms with E-state index < -0.39 is 5.60 Å². The van der Waals surface area contributed by atoms with Crippen LogP contribution in [0.2, 0.25) is 0 Å². The van der Waals surface area contributed by atoms with E-state index in [4.69, 9.17) is 4.74 Å². The summed E-state index contributed by atoms with van der Waals surface area (Å²) in [6.45, 7) is 9.30. The Morgan fingerprint density at radius 2 is 1.67 bits per heavy atom. The van der Waals surface area contributed by atoms with Gasteiger partial charge in [0, 0.05) is 6.61 Å². The average Bonchev–Trinajstić information content (AvgIpc) is 2.28. The van der Waals surface area contributed by atoms with Crippen molar-refractivity contribution in [1.82, 2.24) is 0 Å². The van der Waals surface area contributed by atoms with Gasteiger partial charge in [0.1, 0.15) is 0 Å². The molecule has 2 atom stereocenters. The van der Waals surface area contributed by atoms with Crippen molar-refractivity contribution in [2.24, 2.45) is 11.3 Å². The van der Waals surface area contributed by atoms with Gasteiger partial charge in [0.2, 0.25) is 0 Å². The predicted molar refractivity (Wildman–Crippen MR) is 74.6 cm³/mol. The minimum atomic E-state index is -0.596. The molecule has 2 heteroatoms. The maximum atomic E-state index is 10.9. The summed E-state index contributed by atoms with van der Waals surface area (Å²) in [4.78, 5) is 0. The van der Waals surface area contributed by atoms with Crippen molar-refractivity contribution < 1.29 is 9.84 Å². The summed E-state index contributed by atoms with van der Waals surface area (Å²) in [7, 11) is 0.